The van der Waals surface area contributed by atoms with Crippen LogP contribution in [0.5, 0.6) is 0 Å². The zero-order chi connectivity index (χ0) is 12.4. The van der Waals surface area contributed by atoms with Crippen molar-refractivity contribution >= 4 is 11.7 Å². The molecule has 2 heterocycles. The topological polar surface area (TPSA) is 98.4 Å². The van der Waals surface area contributed by atoms with E-state index in [1.165, 1.54) is 4.90 Å². The molecule has 0 radical (unpaired) electrons. The molecule has 0 fully saturated rings. The van der Waals surface area contributed by atoms with Gasteiger partial charge in [-0.25, -0.2) is 4.63 Å². The van der Waals surface area contributed by atoms with Gasteiger partial charge < -0.3 is 15.1 Å². The maximum absolute atomic E-state index is 11.9. The van der Waals surface area contributed by atoms with Crippen LogP contribution >= 0.6 is 0 Å². The highest BCUT2D eigenvalue weighted by molar-refractivity contribution is 5.95. The van der Waals surface area contributed by atoms with Gasteiger partial charge in [0, 0.05) is 19.2 Å². The summed E-state index contributed by atoms with van der Waals surface area (Å²) in [4.78, 5) is 13.4. The molecule has 7 heteroatoms. The molecule has 0 saturated carbocycles. The molecule has 0 unspecified atom stereocenters. The number of furan rings is 1. The molecule has 17 heavy (non-hydrogen) atoms. The van der Waals surface area contributed by atoms with E-state index in [2.05, 4.69) is 14.9 Å². The molecule has 0 atom stereocenters. The maximum atomic E-state index is 11.9. The third kappa shape index (κ3) is 2.12. The fraction of sp³-hybridized carbons (Fsp3) is 0.300. The van der Waals surface area contributed by atoms with Crippen LogP contribution in [-0.2, 0) is 6.54 Å². The fourth-order valence-electron chi connectivity index (χ4n) is 1.43. The Balaban J connectivity index is 2.11. The molecule has 1 amide bonds. The summed E-state index contributed by atoms with van der Waals surface area (Å²) in [6.07, 6.45) is 1.58. The maximum Gasteiger partial charge on any atom is 0.280 e. The average Bonchev–Trinajstić information content (AvgIpc) is 2.88. The number of carbonyl (C=O) groups is 1. The number of hydrogen-bond acceptors (Lipinski definition) is 6. The Morgan fingerprint density at radius 2 is 2.29 bits per heavy atom. The van der Waals surface area contributed by atoms with Crippen LogP contribution in [0.1, 0.15) is 21.8 Å². The standard InChI is InChI=1S/C10H12N4O3/c1-6-7(3-4-16-6)5-14(2)10(15)8-9(11)13-17-12-8/h3-4H,5H2,1-2H3,(H2,11,13). The Kier molecular flexibility index (Phi) is 2.82. The highest BCUT2D eigenvalue weighted by Gasteiger charge is 2.20. The quantitative estimate of drug-likeness (QED) is 0.847. The monoisotopic (exact) mass is 236 g/mol. The van der Waals surface area contributed by atoms with Crippen molar-refractivity contribution in [2.24, 2.45) is 0 Å². The minimum Gasteiger partial charge on any atom is -0.469 e. The van der Waals surface area contributed by atoms with Crippen LogP contribution in [0.3, 0.4) is 0 Å². The molecule has 0 spiro atoms. The lowest BCUT2D eigenvalue weighted by Crippen LogP contribution is -2.27. The number of nitrogens with two attached hydrogens (primary N) is 1. The lowest BCUT2D eigenvalue weighted by atomic mass is 10.2. The van der Waals surface area contributed by atoms with Gasteiger partial charge in [-0.05, 0) is 23.3 Å². The first-order valence-corrected chi connectivity index (χ1v) is 4.96. The van der Waals surface area contributed by atoms with Crippen LogP contribution in [0.25, 0.3) is 0 Å². The summed E-state index contributed by atoms with van der Waals surface area (Å²) >= 11 is 0. The van der Waals surface area contributed by atoms with E-state index in [0.29, 0.717) is 6.54 Å². The number of carbonyl (C=O) groups excluding carboxylic acids is 1. The lowest BCUT2D eigenvalue weighted by molar-refractivity contribution is 0.0774. The van der Waals surface area contributed by atoms with Gasteiger partial charge in [-0.3, -0.25) is 4.79 Å². The number of nitrogens with zero attached hydrogens (tertiary/aromatic N) is 3. The van der Waals surface area contributed by atoms with Gasteiger partial charge in [-0.2, -0.15) is 0 Å². The minimum atomic E-state index is -0.343. The van der Waals surface area contributed by atoms with Crippen LogP contribution in [-0.4, -0.2) is 28.2 Å². The molecule has 2 rings (SSSR count). The van der Waals surface area contributed by atoms with Gasteiger partial charge >= 0.3 is 0 Å². The predicted octanol–water partition coefficient (Wildman–Crippen LogP) is 0.825. The van der Waals surface area contributed by atoms with Gasteiger partial charge in [0.05, 0.1) is 6.26 Å². The Bertz CT molecular complexity index is 531. The third-order valence-electron chi connectivity index (χ3n) is 2.44. The Labute approximate surface area is 97.1 Å². The second-order valence-corrected chi connectivity index (χ2v) is 3.66. The number of aryl methyl sites for hydroxylation is 1. The van der Waals surface area contributed by atoms with E-state index in [9.17, 15) is 4.79 Å². The molecule has 2 aromatic heterocycles. The molecule has 0 bridgehead atoms. The number of nitrogen functional groups attached to an aromatic ring is 1. The van der Waals surface area contributed by atoms with Crippen molar-refractivity contribution in [2.75, 3.05) is 12.8 Å². The van der Waals surface area contributed by atoms with Crippen LogP contribution in [0.4, 0.5) is 5.82 Å². The van der Waals surface area contributed by atoms with Crippen molar-refractivity contribution in [3.8, 4) is 0 Å². The number of aromatic nitrogens is 2. The molecule has 90 valence electrons. The third-order valence-corrected chi connectivity index (χ3v) is 2.44. The highest BCUT2D eigenvalue weighted by atomic mass is 16.6. The van der Waals surface area contributed by atoms with Crippen molar-refractivity contribution in [2.45, 2.75) is 13.5 Å². The minimum absolute atomic E-state index is 0.00855. The van der Waals surface area contributed by atoms with Crippen molar-refractivity contribution < 1.29 is 13.8 Å². The van der Waals surface area contributed by atoms with Crippen LogP contribution in [0, 0.1) is 6.92 Å². The zero-order valence-electron chi connectivity index (χ0n) is 9.51. The molecule has 0 aliphatic heterocycles. The molecular formula is C10H12N4O3. The number of rotatable bonds is 3. The number of hydrogen-bond donors (Lipinski definition) is 1. The van der Waals surface area contributed by atoms with Gasteiger partial charge in [-0.1, -0.05) is 0 Å². The van der Waals surface area contributed by atoms with Crippen molar-refractivity contribution in [3.63, 3.8) is 0 Å². The molecule has 7 nitrogen and oxygen atoms in total. The van der Waals surface area contributed by atoms with Gasteiger partial charge in [0.2, 0.25) is 11.5 Å². The van der Waals surface area contributed by atoms with E-state index < -0.39 is 0 Å². The van der Waals surface area contributed by atoms with Crippen molar-refractivity contribution in [1.82, 2.24) is 15.2 Å². The lowest BCUT2D eigenvalue weighted by Gasteiger charge is -2.14. The van der Waals surface area contributed by atoms with E-state index >= 15 is 0 Å². The van der Waals surface area contributed by atoms with Crippen molar-refractivity contribution in [1.29, 1.82) is 0 Å². The fourth-order valence-corrected chi connectivity index (χ4v) is 1.43. The molecular weight excluding hydrogens is 224 g/mol. The highest BCUT2D eigenvalue weighted by Crippen LogP contribution is 2.14. The predicted molar refractivity (Wildman–Crippen MR) is 58.0 cm³/mol. The van der Waals surface area contributed by atoms with Crippen LogP contribution in [0.15, 0.2) is 21.4 Å². The van der Waals surface area contributed by atoms with E-state index in [1.54, 1.807) is 13.3 Å². The van der Waals surface area contributed by atoms with Gasteiger partial charge in [0.1, 0.15) is 5.76 Å². The molecule has 0 aliphatic carbocycles. The van der Waals surface area contributed by atoms with Crippen LogP contribution in [0.2, 0.25) is 0 Å². The Hall–Kier alpha value is -2.31. The van der Waals surface area contributed by atoms with E-state index in [1.807, 2.05) is 13.0 Å². The second kappa shape index (κ2) is 4.28. The van der Waals surface area contributed by atoms with Crippen molar-refractivity contribution in [3.05, 3.63) is 29.3 Å². The smallest absolute Gasteiger partial charge is 0.280 e. The summed E-state index contributed by atoms with van der Waals surface area (Å²) in [5.41, 5.74) is 6.40. The summed E-state index contributed by atoms with van der Waals surface area (Å²) in [6, 6.07) is 1.81. The first-order valence-electron chi connectivity index (χ1n) is 4.96. The first-order chi connectivity index (χ1) is 8.09. The Morgan fingerprint density at radius 1 is 1.53 bits per heavy atom. The first kappa shape index (κ1) is 11.2. The molecule has 0 saturated heterocycles. The van der Waals surface area contributed by atoms with Crippen LogP contribution < -0.4 is 5.73 Å². The van der Waals surface area contributed by atoms with E-state index in [-0.39, 0.29) is 17.4 Å². The zero-order valence-corrected chi connectivity index (χ0v) is 9.51. The summed E-state index contributed by atoms with van der Waals surface area (Å²) < 4.78 is 9.53. The summed E-state index contributed by atoms with van der Waals surface area (Å²) in [7, 11) is 1.64. The summed E-state index contributed by atoms with van der Waals surface area (Å²) in [6.45, 7) is 2.24. The van der Waals surface area contributed by atoms with E-state index in [0.717, 1.165) is 11.3 Å². The Morgan fingerprint density at radius 3 is 2.82 bits per heavy atom. The average molecular weight is 236 g/mol. The normalized spacial score (nSPS) is 10.5. The molecule has 2 N–H and O–H groups in total. The van der Waals surface area contributed by atoms with Gasteiger partial charge in [-0.15, -0.1) is 0 Å². The van der Waals surface area contributed by atoms with Gasteiger partial charge in [0.15, 0.2) is 0 Å². The number of anilines is 1. The molecule has 0 aliphatic rings. The largest absolute Gasteiger partial charge is 0.469 e. The SMILES string of the molecule is Cc1occc1CN(C)C(=O)c1nonc1N. The number of amides is 1. The van der Waals surface area contributed by atoms with E-state index in [4.69, 9.17) is 10.2 Å². The summed E-state index contributed by atoms with van der Waals surface area (Å²) in [5.74, 6) is 0.422. The van der Waals surface area contributed by atoms with Gasteiger partial charge in [0.25, 0.3) is 5.91 Å². The molecule has 2 aromatic rings. The molecule has 0 aromatic carbocycles. The summed E-state index contributed by atoms with van der Waals surface area (Å²) in [5, 5.41) is 6.82. The second-order valence-electron chi connectivity index (χ2n) is 3.66.